The molecule has 4 N–H and O–H groups in total. The Hall–Kier alpha value is -0.140. The second-order valence-electron chi connectivity index (χ2n) is 4.66. The lowest BCUT2D eigenvalue weighted by atomic mass is 10.3. The Morgan fingerprint density at radius 3 is 1.31 bits per heavy atom. The van der Waals surface area contributed by atoms with Crippen molar-refractivity contribution in [3.05, 3.63) is 51.1 Å². The smallest absolute Gasteiger partial charge is 0.297 e. The minimum atomic E-state index is -0.870. The number of hydrogen-bond acceptors (Lipinski definition) is 4. The quantitative estimate of drug-likeness (QED) is 0.180. The van der Waals surface area contributed by atoms with Gasteiger partial charge in [0, 0.05) is 17.9 Å². The van der Waals surface area contributed by atoms with E-state index >= 15 is 0 Å². The molecule has 0 bridgehead atoms. The molecular weight excluding hydrogens is 736 g/mol. The number of nitrogens with one attached hydrogen (secondary N) is 4. The maximum Gasteiger partial charge on any atom is 0.329 e. The summed E-state index contributed by atoms with van der Waals surface area (Å²) >= 11 is 20.2. The van der Waals surface area contributed by atoms with E-state index in [9.17, 15) is 9.59 Å². The van der Waals surface area contributed by atoms with Crippen LogP contribution >= 0.6 is 95.6 Å². The van der Waals surface area contributed by atoms with Gasteiger partial charge in [0.15, 0.2) is 0 Å². The standard InChI is InChI=1S/C14H8Br6N4O2/c15-5-1-7(17)11(19)9(3-5)21-23-13(25)14(26)24-22-10-4-6(16)2-8(18)12(10)20/h1-4,21-22H,(H,23,25)(H,24,26). The van der Waals surface area contributed by atoms with Gasteiger partial charge in [-0.3, -0.25) is 31.3 Å². The van der Waals surface area contributed by atoms with Gasteiger partial charge in [0.2, 0.25) is 0 Å². The van der Waals surface area contributed by atoms with Gasteiger partial charge in [-0.2, -0.15) is 0 Å². The summed E-state index contributed by atoms with van der Waals surface area (Å²) in [6.07, 6.45) is 0. The van der Waals surface area contributed by atoms with E-state index in [1.165, 1.54) is 0 Å². The van der Waals surface area contributed by atoms with Crippen molar-refractivity contribution in [2.75, 3.05) is 10.9 Å². The summed E-state index contributed by atoms with van der Waals surface area (Å²) in [7, 11) is 0. The van der Waals surface area contributed by atoms with Crippen molar-refractivity contribution in [2.24, 2.45) is 0 Å². The molecule has 0 fully saturated rings. The summed E-state index contributed by atoms with van der Waals surface area (Å²) in [5.41, 5.74) is 11.2. The van der Waals surface area contributed by atoms with Gasteiger partial charge in [-0.25, -0.2) is 0 Å². The Morgan fingerprint density at radius 2 is 0.962 bits per heavy atom. The van der Waals surface area contributed by atoms with Gasteiger partial charge in [0.25, 0.3) is 0 Å². The molecule has 0 radical (unpaired) electrons. The number of carbonyl (C=O) groups is 2. The molecule has 2 aromatic carbocycles. The molecule has 0 unspecified atom stereocenters. The summed E-state index contributed by atoms with van der Waals surface area (Å²) in [6.45, 7) is 0. The molecule has 2 aromatic rings. The molecule has 0 aliphatic rings. The molecule has 0 aliphatic carbocycles. The van der Waals surface area contributed by atoms with E-state index in [-0.39, 0.29) is 0 Å². The van der Waals surface area contributed by atoms with Gasteiger partial charge in [-0.1, -0.05) is 31.9 Å². The Morgan fingerprint density at radius 1 is 0.615 bits per heavy atom. The fourth-order valence-electron chi connectivity index (χ4n) is 1.66. The van der Waals surface area contributed by atoms with E-state index in [4.69, 9.17) is 0 Å². The normalized spacial score (nSPS) is 10.2. The van der Waals surface area contributed by atoms with E-state index in [2.05, 4.69) is 117 Å². The van der Waals surface area contributed by atoms with Crippen LogP contribution in [0.3, 0.4) is 0 Å². The van der Waals surface area contributed by atoms with Gasteiger partial charge in [-0.15, -0.1) is 0 Å². The Balaban J connectivity index is 1.96. The fourth-order valence-corrected chi connectivity index (χ4v) is 4.76. The summed E-state index contributed by atoms with van der Waals surface area (Å²) in [4.78, 5) is 23.9. The number of anilines is 2. The minimum Gasteiger partial charge on any atom is -0.297 e. The summed E-state index contributed by atoms with van der Waals surface area (Å²) in [6, 6.07) is 7.15. The minimum absolute atomic E-state index is 0.569. The zero-order valence-corrected chi connectivity index (χ0v) is 21.9. The zero-order valence-electron chi connectivity index (χ0n) is 12.4. The molecule has 0 heterocycles. The van der Waals surface area contributed by atoms with Gasteiger partial charge in [-0.05, 0) is 88.0 Å². The van der Waals surface area contributed by atoms with Crippen LogP contribution in [0, 0.1) is 0 Å². The summed E-state index contributed by atoms with van der Waals surface area (Å²) < 4.78 is 4.53. The molecule has 0 aromatic heterocycles. The van der Waals surface area contributed by atoms with Crippen LogP contribution in [0.5, 0.6) is 0 Å². The molecule has 138 valence electrons. The highest BCUT2D eigenvalue weighted by atomic mass is 79.9. The first-order chi connectivity index (χ1) is 12.2. The molecule has 12 heteroatoms. The molecule has 0 saturated heterocycles. The highest BCUT2D eigenvalue weighted by Crippen LogP contribution is 2.34. The number of carbonyl (C=O) groups excluding carboxylic acids is 2. The van der Waals surface area contributed by atoms with Gasteiger partial charge in [0.05, 0.1) is 20.3 Å². The third kappa shape index (κ3) is 5.93. The van der Waals surface area contributed by atoms with Gasteiger partial charge in [0.1, 0.15) is 0 Å². The number of halogens is 6. The van der Waals surface area contributed by atoms with Crippen molar-refractivity contribution in [3.63, 3.8) is 0 Å². The van der Waals surface area contributed by atoms with Gasteiger partial charge < -0.3 is 0 Å². The topological polar surface area (TPSA) is 82.3 Å². The maximum atomic E-state index is 11.9. The van der Waals surface area contributed by atoms with Gasteiger partial charge >= 0.3 is 11.8 Å². The average molecular weight is 744 g/mol. The Kier molecular flexibility index (Phi) is 8.41. The Bertz CT molecular complexity index is 806. The van der Waals surface area contributed by atoms with E-state index in [0.717, 1.165) is 17.9 Å². The van der Waals surface area contributed by atoms with Crippen LogP contribution in [0.2, 0.25) is 0 Å². The third-order valence-electron chi connectivity index (χ3n) is 2.81. The van der Waals surface area contributed by atoms with Crippen molar-refractivity contribution in [1.82, 2.24) is 10.9 Å². The molecule has 26 heavy (non-hydrogen) atoms. The first kappa shape index (κ1) is 22.2. The summed E-state index contributed by atoms with van der Waals surface area (Å²) in [5.74, 6) is -1.74. The first-order valence-electron chi connectivity index (χ1n) is 6.60. The van der Waals surface area contributed by atoms with Crippen LogP contribution in [0.4, 0.5) is 11.4 Å². The van der Waals surface area contributed by atoms with Crippen LogP contribution in [-0.4, -0.2) is 11.8 Å². The largest absolute Gasteiger partial charge is 0.329 e. The number of hydrazine groups is 2. The van der Waals surface area contributed by atoms with Crippen molar-refractivity contribution >= 4 is 119 Å². The molecule has 0 atom stereocenters. The second-order valence-corrected chi connectivity index (χ2v) is 9.78. The molecule has 2 amide bonds. The number of amides is 2. The monoisotopic (exact) mass is 738 g/mol. The van der Waals surface area contributed by atoms with Crippen molar-refractivity contribution in [1.29, 1.82) is 0 Å². The molecule has 6 nitrogen and oxygen atoms in total. The SMILES string of the molecule is O=C(NNc1cc(Br)cc(Br)c1Br)C(=O)NNc1cc(Br)cc(Br)c1Br. The second kappa shape index (κ2) is 9.87. The van der Waals surface area contributed by atoms with Crippen LogP contribution < -0.4 is 21.7 Å². The van der Waals surface area contributed by atoms with Crippen molar-refractivity contribution < 1.29 is 9.59 Å². The molecule has 0 spiro atoms. The maximum absolute atomic E-state index is 11.9. The Labute approximate surface area is 199 Å². The molecule has 0 aliphatic heterocycles. The van der Waals surface area contributed by atoms with Crippen LogP contribution in [0.1, 0.15) is 0 Å². The highest BCUT2D eigenvalue weighted by Gasteiger charge is 2.15. The zero-order chi connectivity index (χ0) is 19.4. The van der Waals surface area contributed by atoms with E-state index in [1.807, 2.05) is 12.1 Å². The lowest BCUT2D eigenvalue weighted by Crippen LogP contribution is -2.44. The summed E-state index contributed by atoms with van der Waals surface area (Å²) in [5, 5.41) is 0. The number of hydrogen-bond donors (Lipinski definition) is 4. The van der Waals surface area contributed by atoms with Crippen molar-refractivity contribution in [2.45, 2.75) is 0 Å². The lowest BCUT2D eigenvalue weighted by molar-refractivity contribution is -0.138. The molecular formula is C14H8Br6N4O2. The molecule has 2 rings (SSSR count). The number of rotatable bonds is 4. The first-order valence-corrected chi connectivity index (χ1v) is 11.4. The van der Waals surface area contributed by atoms with E-state index < -0.39 is 11.8 Å². The van der Waals surface area contributed by atoms with Crippen LogP contribution in [0.25, 0.3) is 0 Å². The van der Waals surface area contributed by atoms with Crippen LogP contribution in [-0.2, 0) is 9.59 Å². The highest BCUT2D eigenvalue weighted by molar-refractivity contribution is 9.13. The predicted octanol–water partition coefficient (Wildman–Crippen LogP) is 5.85. The van der Waals surface area contributed by atoms with Crippen molar-refractivity contribution in [3.8, 4) is 0 Å². The predicted molar refractivity (Wildman–Crippen MR) is 123 cm³/mol. The van der Waals surface area contributed by atoms with E-state index in [1.54, 1.807) is 12.1 Å². The van der Waals surface area contributed by atoms with Crippen LogP contribution in [0.15, 0.2) is 51.1 Å². The van der Waals surface area contributed by atoms with E-state index in [0.29, 0.717) is 20.3 Å². The third-order valence-corrected chi connectivity index (χ3v) is 7.75. The number of benzene rings is 2. The fraction of sp³-hybridized carbons (Fsp3) is 0. The lowest BCUT2D eigenvalue weighted by Gasteiger charge is -2.13. The molecule has 0 saturated carbocycles. The average Bonchev–Trinajstić information content (AvgIpc) is 2.57.